The van der Waals surface area contributed by atoms with Crippen LogP contribution in [0.1, 0.15) is 22.2 Å². The Hall–Kier alpha value is -2.94. The number of carbonyl (C=O) groups excluding carboxylic acids is 2. The van der Waals surface area contributed by atoms with Crippen LogP contribution in [0.25, 0.3) is 0 Å². The van der Waals surface area contributed by atoms with Gasteiger partial charge in [-0.1, -0.05) is 6.07 Å². The standard InChI is InChI=1S/C16H17N3O5S/c1-10(15(20)18-9-12-4-3-7-25-12)24-16(21)13-8-11(19(22)23)5-6-14(13)17-2/h3-8,10,17H,9H2,1-2H3,(H,18,20)/t10-/m0/s1. The first-order valence-corrected chi connectivity index (χ1v) is 8.27. The van der Waals surface area contributed by atoms with Crippen molar-refractivity contribution < 1.29 is 19.2 Å². The molecule has 2 N–H and O–H groups in total. The third kappa shape index (κ3) is 4.77. The number of nitro groups is 1. The van der Waals surface area contributed by atoms with Crippen LogP contribution in [0.2, 0.25) is 0 Å². The molecule has 2 rings (SSSR count). The SMILES string of the molecule is CNc1ccc([N+](=O)[O-])cc1C(=O)O[C@@H](C)C(=O)NCc1cccs1. The number of thiophene rings is 1. The summed E-state index contributed by atoms with van der Waals surface area (Å²) >= 11 is 1.50. The fraction of sp³-hybridized carbons (Fsp3) is 0.250. The van der Waals surface area contributed by atoms with Crippen LogP contribution in [0.3, 0.4) is 0 Å². The molecule has 0 fully saturated rings. The second kappa shape index (κ2) is 8.25. The maximum atomic E-state index is 12.3. The van der Waals surface area contributed by atoms with E-state index < -0.39 is 22.9 Å². The van der Waals surface area contributed by atoms with Gasteiger partial charge in [0.1, 0.15) is 0 Å². The molecule has 0 bridgehead atoms. The van der Waals surface area contributed by atoms with Gasteiger partial charge < -0.3 is 15.4 Å². The van der Waals surface area contributed by atoms with Gasteiger partial charge >= 0.3 is 5.97 Å². The molecule has 0 aliphatic heterocycles. The van der Waals surface area contributed by atoms with Crippen LogP contribution in [-0.4, -0.2) is 30.0 Å². The monoisotopic (exact) mass is 363 g/mol. The van der Waals surface area contributed by atoms with Crippen LogP contribution in [0.15, 0.2) is 35.7 Å². The van der Waals surface area contributed by atoms with Crippen molar-refractivity contribution in [3.05, 3.63) is 56.3 Å². The molecule has 1 atom stereocenters. The minimum absolute atomic E-state index is 0.00499. The number of benzene rings is 1. The van der Waals surface area contributed by atoms with Crippen molar-refractivity contribution in [3.8, 4) is 0 Å². The highest BCUT2D eigenvalue weighted by Gasteiger charge is 2.22. The Morgan fingerprint density at radius 1 is 1.36 bits per heavy atom. The first-order valence-electron chi connectivity index (χ1n) is 7.39. The average molecular weight is 363 g/mol. The van der Waals surface area contributed by atoms with E-state index in [-0.39, 0.29) is 11.3 Å². The molecule has 2 aromatic rings. The number of nitro benzene ring substituents is 1. The summed E-state index contributed by atoms with van der Waals surface area (Å²) in [5.74, 6) is -1.26. The van der Waals surface area contributed by atoms with Crippen molar-refractivity contribution in [2.45, 2.75) is 19.6 Å². The third-order valence-electron chi connectivity index (χ3n) is 3.37. The van der Waals surface area contributed by atoms with Gasteiger partial charge in [-0.2, -0.15) is 0 Å². The van der Waals surface area contributed by atoms with Crippen LogP contribution in [-0.2, 0) is 16.1 Å². The van der Waals surface area contributed by atoms with Gasteiger partial charge in [0.2, 0.25) is 0 Å². The van der Waals surface area contributed by atoms with E-state index in [9.17, 15) is 19.7 Å². The molecule has 9 heteroatoms. The number of nitrogens with zero attached hydrogens (tertiary/aromatic N) is 1. The lowest BCUT2D eigenvalue weighted by molar-refractivity contribution is -0.384. The van der Waals surface area contributed by atoms with E-state index in [1.165, 1.54) is 30.4 Å². The number of amides is 1. The summed E-state index contributed by atoms with van der Waals surface area (Å²) in [4.78, 5) is 35.6. The van der Waals surface area contributed by atoms with E-state index in [0.717, 1.165) is 10.9 Å². The Labute approximate surface area is 148 Å². The van der Waals surface area contributed by atoms with Crippen molar-refractivity contribution in [3.63, 3.8) is 0 Å². The summed E-state index contributed by atoms with van der Waals surface area (Å²) in [5, 5.41) is 18.2. The Morgan fingerprint density at radius 2 is 2.12 bits per heavy atom. The molecule has 0 unspecified atom stereocenters. The number of nitrogens with one attached hydrogen (secondary N) is 2. The zero-order valence-electron chi connectivity index (χ0n) is 13.6. The molecule has 0 spiro atoms. The van der Waals surface area contributed by atoms with Crippen molar-refractivity contribution in [1.82, 2.24) is 5.32 Å². The lowest BCUT2D eigenvalue weighted by atomic mass is 10.1. The molecule has 0 aliphatic carbocycles. The molecule has 1 amide bonds. The molecular weight excluding hydrogens is 346 g/mol. The number of hydrogen-bond acceptors (Lipinski definition) is 7. The molecule has 1 aromatic carbocycles. The summed E-state index contributed by atoms with van der Waals surface area (Å²) in [6.45, 7) is 1.79. The number of hydrogen-bond donors (Lipinski definition) is 2. The maximum absolute atomic E-state index is 12.3. The highest BCUT2D eigenvalue weighted by Crippen LogP contribution is 2.23. The van der Waals surface area contributed by atoms with Crippen LogP contribution in [0.5, 0.6) is 0 Å². The van der Waals surface area contributed by atoms with Crippen molar-refractivity contribution in [1.29, 1.82) is 0 Å². The molecule has 0 saturated carbocycles. The van der Waals surface area contributed by atoms with Gasteiger partial charge in [-0.15, -0.1) is 11.3 Å². The van der Waals surface area contributed by atoms with Crippen molar-refractivity contribution >= 4 is 34.6 Å². The summed E-state index contributed by atoms with van der Waals surface area (Å²) in [6, 6.07) is 7.56. The Bertz CT molecular complexity index is 776. The molecular formula is C16H17N3O5S. The zero-order chi connectivity index (χ0) is 18.4. The normalized spacial score (nSPS) is 11.4. The minimum atomic E-state index is -1.03. The molecule has 0 aliphatic rings. The number of rotatable bonds is 7. The van der Waals surface area contributed by atoms with E-state index >= 15 is 0 Å². The van der Waals surface area contributed by atoms with Crippen LogP contribution in [0.4, 0.5) is 11.4 Å². The summed E-state index contributed by atoms with van der Waals surface area (Å²) < 4.78 is 5.14. The lowest BCUT2D eigenvalue weighted by Crippen LogP contribution is -2.35. The van der Waals surface area contributed by atoms with E-state index in [1.54, 1.807) is 7.05 Å². The van der Waals surface area contributed by atoms with Gasteiger partial charge in [0.25, 0.3) is 11.6 Å². The van der Waals surface area contributed by atoms with Gasteiger partial charge in [0, 0.05) is 29.7 Å². The molecule has 8 nitrogen and oxygen atoms in total. The average Bonchev–Trinajstić information content (AvgIpc) is 3.12. The highest BCUT2D eigenvalue weighted by atomic mass is 32.1. The van der Waals surface area contributed by atoms with Gasteiger partial charge in [0.15, 0.2) is 6.10 Å². The Morgan fingerprint density at radius 3 is 2.72 bits per heavy atom. The van der Waals surface area contributed by atoms with E-state index in [0.29, 0.717) is 12.2 Å². The number of non-ortho nitro benzene ring substituents is 1. The number of anilines is 1. The topological polar surface area (TPSA) is 111 Å². The zero-order valence-corrected chi connectivity index (χ0v) is 14.5. The highest BCUT2D eigenvalue weighted by molar-refractivity contribution is 7.09. The fourth-order valence-corrected chi connectivity index (χ4v) is 2.69. The predicted octanol–water partition coefficient (Wildman–Crippen LogP) is 2.56. The number of esters is 1. The van der Waals surface area contributed by atoms with Crippen LogP contribution >= 0.6 is 11.3 Å². The van der Waals surface area contributed by atoms with Gasteiger partial charge in [-0.05, 0) is 24.4 Å². The lowest BCUT2D eigenvalue weighted by Gasteiger charge is -2.14. The third-order valence-corrected chi connectivity index (χ3v) is 4.25. The Kier molecular flexibility index (Phi) is 6.07. The molecule has 1 aromatic heterocycles. The van der Waals surface area contributed by atoms with Gasteiger partial charge in [0.05, 0.1) is 17.0 Å². The summed E-state index contributed by atoms with van der Waals surface area (Å²) in [6.07, 6.45) is -1.03. The van der Waals surface area contributed by atoms with Crippen molar-refractivity contribution in [2.24, 2.45) is 0 Å². The van der Waals surface area contributed by atoms with E-state index in [1.807, 2.05) is 17.5 Å². The largest absolute Gasteiger partial charge is 0.449 e. The van der Waals surface area contributed by atoms with Crippen LogP contribution in [0, 0.1) is 10.1 Å². The second-order valence-corrected chi connectivity index (χ2v) is 6.11. The molecule has 0 saturated heterocycles. The molecule has 1 heterocycles. The fourth-order valence-electron chi connectivity index (χ4n) is 2.04. The van der Waals surface area contributed by atoms with Gasteiger partial charge in [-0.3, -0.25) is 14.9 Å². The minimum Gasteiger partial charge on any atom is -0.449 e. The number of ether oxygens (including phenoxy) is 1. The first-order chi connectivity index (χ1) is 11.9. The quantitative estimate of drug-likeness (QED) is 0.444. The summed E-state index contributed by atoms with van der Waals surface area (Å²) in [7, 11) is 1.58. The summed E-state index contributed by atoms with van der Waals surface area (Å²) in [5.41, 5.74) is 0.136. The molecule has 132 valence electrons. The number of carbonyl (C=O) groups is 2. The van der Waals surface area contributed by atoms with Crippen molar-refractivity contribution in [2.75, 3.05) is 12.4 Å². The Balaban J connectivity index is 2.03. The predicted molar refractivity (Wildman–Crippen MR) is 93.7 cm³/mol. The van der Waals surface area contributed by atoms with Gasteiger partial charge in [-0.25, -0.2) is 4.79 Å². The first kappa shape index (κ1) is 18.4. The molecule has 0 radical (unpaired) electrons. The smallest absolute Gasteiger partial charge is 0.341 e. The molecule has 25 heavy (non-hydrogen) atoms. The van der Waals surface area contributed by atoms with E-state index in [4.69, 9.17) is 4.74 Å². The second-order valence-electron chi connectivity index (χ2n) is 5.08. The van der Waals surface area contributed by atoms with E-state index in [2.05, 4.69) is 10.6 Å². The maximum Gasteiger partial charge on any atom is 0.341 e. The van der Waals surface area contributed by atoms with Crippen LogP contribution < -0.4 is 10.6 Å².